The molecule has 0 saturated carbocycles. The van der Waals surface area contributed by atoms with Crippen molar-refractivity contribution >= 4 is 5.91 Å². The van der Waals surface area contributed by atoms with Gasteiger partial charge < -0.3 is 19.5 Å². The van der Waals surface area contributed by atoms with Crippen molar-refractivity contribution in [3.8, 4) is 17.2 Å². The molecule has 5 heteroatoms. The van der Waals surface area contributed by atoms with Gasteiger partial charge in [0.05, 0.1) is 20.3 Å². The fraction of sp³-hybridized carbons (Fsp3) is 0.435. The minimum absolute atomic E-state index is 0.120. The van der Waals surface area contributed by atoms with Gasteiger partial charge in [0.15, 0.2) is 17.6 Å². The van der Waals surface area contributed by atoms with Crippen LogP contribution >= 0.6 is 0 Å². The van der Waals surface area contributed by atoms with Crippen molar-refractivity contribution in [3.05, 3.63) is 53.1 Å². The lowest BCUT2D eigenvalue weighted by atomic mass is 10.0. The van der Waals surface area contributed by atoms with Gasteiger partial charge >= 0.3 is 0 Å². The predicted octanol–water partition coefficient (Wildman–Crippen LogP) is 4.75. The zero-order valence-electron chi connectivity index (χ0n) is 17.7. The van der Waals surface area contributed by atoms with Crippen molar-refractivity contribution in [2.45, 2.75) is 52.7 Å². The number of carbonyl (C=O) groups is 1. The largest absolute Gasteiger partial charge is 0.493 e. The topological polar surface area (TPSA) is 56.8 Å². The van der Waals surface area contributed by atoms with Crippen LogP contribution in [0.1, 0.15) is 49.4 Å². The van der Waals surface area contributed by atoms with E-state index in [1.54, 1.807) is 14.2 Å². The average molecular weight is 386 g/mol. The maximum Gasteiger partial charge on any atom is 0.261 e. The molecule has 5 nitrogen and oxygen atoms in total. The van der Waals surface area contributed by atoms with Crippen molar-refractivity contribution in [3.63, 3.8) is 0 Å². The Morgan fingerprint density at radius 2 is 1.68 bits per heavy atom. The molecule has 2 atom stereocenters. The molecule has 0 aliphatic rings. The normalized spacial score (nSPS) is 12.8. The Labute approximate surface area is 168 Å². The summed E-state index contributed by atoms with van der Waals surface area (Å²) in [4.78, 5) is 12.9. The van der Waals surface area contributed by atoms with Gasteiger partial charge in [-0.3, -0.25) is 4.79 Å². The SMILES string of the molecule is CC[C@H](Oc1cccc(C)c1C)C(=O)N[C@@H](CC)c1ccc(OC)c(OC)c1. The second-order valence-corrected chi connectivity index (χ2v) is 6.80. The monoisotopic (exact) mass is 385 g/mol. The fourth-order valence-corrected chi connectivity index (χ4v) is 3.08. The van der Waals surface area contributed by atoms with Gasteiger partial charge in [-0.2, -0.15) is 0 Å². The molecule has 2 aromatic carbocycles. The Bertz CT molecular complexity index is 803. The van der Waals surface area contributed by atoms with Crippen LogP contribution in [0.3, 0.4) is 0 Å². The quantitative estimate of drug-likeness (QED) is 0.677. The van der Waals surface area contributed by atoms with E-state index >= 15 is 0 Å². The van der Waals surface area contributed by atoms with E-state index in [1.165, 1.54) is 0 Å². The molecule has 1 N–H and O–H groups in total. The highest BCUT2D eigenvalue weighted by atomic mass is 16.5. The van der Waals surface area contributed by atoms with Crippen LogP contribution < -0.4 is 19.5 Å². The first-order valence-corrected chi connectivity index (χ1v) is 9.70. The number of methoxy groups -OCH3 is 2. The summed E-state index contributed by atoms with van der Waals surface area (Å²) in [7, 11) is 3.21. The van der Waals surface area contributed by atoms with E-state index < -0.39 is 6.10 Å². The first-order chi connectivity index (χ1) is 13.4. The average Bonchev–Trinajstić information content (AvgIpc) is 2.72. The van der Waals surface area contributed by atoms with Crippen LogP contribution in [0.15, 0.2) is 36.4 Å². The van der Waals surface area contributed by atoms with Crippen LogP contribution in [-0.2, 0) is 4.79 Å². The first kappa shape index (κ1) is 21.6. The van der Waals surface area contributed by atoms with Crippen molar-refractivity contribution in [2.75, 3.05) is 14.2 Å². The highest BCUT2D eigenvalue weighted by Crippen LogP contribution is 2.31. The molecule has 28 heavy (non-hydrogen) atoms. The van der Waals surface area contributed by atoms with E-state index in [0.29, 0.717) is 17.9 Å². The molecule has 2 rings (SSSR count). The van der Waals surface area contributed by atoms with E-state index in [-0.39, 0.29) is 11.9 Å². The van der Waals surface area contributed by atoms with E-state index in [2.05, 4.69) is 5.32 Å². The van der Waals surface area contributed by atoms with E-state index in [1.807, 2.05) is 64.1 Å². The summed E-state index contributed by atoms with van der Waals surface area (Å²) < 4.78 is 16.7. The van der Waals surface area contributed by atoms with Crippen LogP contribution in [0.25, 0.3) is 0 Å². The van der Waals surface area contributed by atoms with Crippen LogP contribution in [0.4, 0.5) is 0 Å². The molecule has 0 saturated heterocycles. The highest BCUT2D eigenvalue weighted by Gasteiger charge is 2.23. The summed E-state index contributed by atoms with van der Waals surface area (Å²) in [5, 5.41) is 3.12. The summed E-state index contributed by atoms with van der Waals surface area (Å²) in [6.07, 6.45) is 0.789. The van der Waals surface area contributed by atoms with Crippen LogP contribution in [0.5, 0.6) is 17.2 Å². The predicted molar refractivity (Wildman–Crippen MR) is 111 cm³/mol. The standard InChI is InChI=1S/C23H31NO4/c1-7-18(17-12-13-21(26-5)22(14-17)27-6)24-23(25)19(8-2)28-20-11-9-10-15(3)16(20)4/h9-14,18-19H,7-8H2,1-6H3,(H,24,25)/t18-,19-/m0/s1. The van der Waals surface area contributed by atoms with E-state index in [9.17, 15) is 4.79 Å². The van der Waals surface area contributed by atoms with Gasteiger partial charge in [0.1, 0.15) is 5.75 Å². The first-order valence-electron chi connectivity index (χ1n) is 9.70. The molecule has 0 unspecified atom stereocenters. The molecule has 0 fully saturated rings. The number of hydrogen-bond acceptors (Lipinski definition) is 4. The third-order valence-electron chi connectivity index (χ3n) is 5.02. The van der Waals surface area contributed by atoms with Crippen molar-refractivity contribution in [1.29, 1.82) is 0 Å². The van der Waals surface area contributed by atoms with Gasteiger partial charge in [-0.15, -0.1) is 0 Å². The highest BCUT2D eigenvalue weighted by molar-refractivity contribution is 5.81. The summed E-state index contributed by atoms with van der Waals surface area (Å²) in [5.74, 6) is 1.94. The number of benzene rings is 2. The molecule has 0 aliphatic heterocycles. The number of rotatable bonds is 9. The molecule has 1 amide bonds. The zero-order valence-corrected chi connectivity index (χ0v) is 17.7. The molecular formula is C23H31NO4. The van der Waals surface area contributed by atoms with Gasteiger partial charge in [0, 0.05) is 0 Å². The van der Waals surface area contributed by atoms with Gasteiger partial charge in [-0.05, 0) is 61.6 Å². The molecule has 0 spiro atoms. The van der Waals surface area contributed by atoms with Crippen molar-refractivity contribution < 1.29 is 19.0 Å². The number of amides is 1. The van der Waals surface area contributed by atoms with E-state index in [4.69, 9.17) is 14.2 Å². The molecule has 2 aromatic rings. The molecule has 0 aromatic heterocycles. The molecule has 0 radical (unpaired) electrons. The summed E-state index contributed by atoms with van der Waals surface area (Å²) in [6, 6.07) is 11.5. The summed E-state index contributed by atoms with van der Waals surface area (Å²) >= 11 is 0. The van der Waals surface area contributed by atoms with Crippen LogP contribution in [0.2, 0.25) is 0 Å². The lowest BCUT2D eigenvalue weighted by Crippen LogP contribution is -2.40. The second-order valence-electron chi connectivity index (χ2n) is 6.80. The third-order valence-corrected chi connectivity index (χ3v) is 5.02. The minimum Gasteiger partial charge on any atom is -0.493 e. The van der Waals surface area contributed by atoms with Gasteiger partial charge in [-0.25, -0.2) is 0 Å². The van der Waals surface area contributed by atoms with Crippen LogP contribution in [0, 0.1) is 13.8 Å². The summed E-state index contributed by atoms with van der Waals surface area (Å²) in [6.45, 7) is 8.03. The van der Waals surface area contributed by atoms with Gasteiger partial charge in [0.25, 0.3) is 5.91 Å². The Balaban J connectivity index is 2.16. The Morgan fingerprint density at radius 3 is 2.29 bits per heavy atom. The Hall–Kier alpha value is -2.69. The maximum atomic E-state index is 12.9. The maximum absolute atomic E-state index is 12.9. The third kappa shape index (κ3) is 4.97. The Morgan fingerprint density at radius 1 is 0.964 bits per heavy atom. The zero-order chi connectivity index (χ0) is 20.7. The smallest absolute Gasteiger partial charge is 0.261 e. The van der Waals surface area contributed by atoms with E-state index in [0.717, 1.165) is 28.9 Å². The van der Waals surface area contributed by atoms with Gasteiger partial charge in [-0.1, -0.05) is 32.0 Å². The lowest BCUT2D eigenvalue weighted by Gasteiger charge is -2.24. The number of ether oxygens (including phenoxy) is 3. The molecule has 0 aliphatic carbocycles. The lowest BCUT2D eigenvalue weighted by molar-refractivity contribution is -0.129. The molecule has 0 heterocycles. The number of carbonyl (C=O) groups excluding carboxylic acids is 1. The second kappa shape index (κ2) is 10.0. The minimum atomic E-state index is -0.547. The Kier molecular flexibility index (Phi) is 7.73. The molecular weight excluding hydrogens is 354 g/mol. The van der Waals surface area contributed by atoms with Crippen molar-refractivity contribution in [1.82, 2.24) is 5.32 Å². The number of nitrogens with one attached hydrogen (secondary N) is 1. The fourth-order valence-electron chi connectivity index (χ4n) is 3.08. The molecule has 0 bridgehead atoms. The summed E-state index contributed by atoms with van der Waals surface area (Å²) in [5.41, 5.74) is 3.17. The molecule has 152 valence electrons. The van der Waals surface area contributed by atoms with Crippen molar-refractivity contribution in [2.24, 2.45) is 0 Å². The number of hydrogen-bond donors (Lipinski definition) is 1. The van der Waals surface area contributed by atoms with Crippen LogP contribution in [-0.4, -0.2) is 26.2 Å². The number of aryl methyl sites for hydroxylation is 1. The van der Waals surface area contributed by atoms with Gasteiger partial charge in [0.2, 0.25) is 0 Å².